The van der Waals surface area contributed by atoms with E-state index in [2.05, 4.69) is 13.2 Å². The molecular weight excluding hydrogens is 212 g/mol. The van der Waals surface area contributed by atoms with Gasteiger partial charge in [0.15, 0.2) is 6.29 Å². The molecule has 0 aliphatic rings. The molecule has 15 heavy (non-hydrogen) atoms. The lowest BCUT2D eigenvalue weighted by Gasteiger charge is -2.08. The van der Waals surface area contributed by atoms with Crippen LogP contribution in [0, 0.1) is 0 Å². The van der Waals surface area contributed by atoms with Crippen LogP contribution in [0.1, 0.15) is 10.4 Å². The fourth-order valence-electron chi connectivity index (χ4n) is 0.960. The molecule has 0 radical (unpaired) electrons. The van der Waals surface area contributed by atoms with Gasteiger partial charge in [-0.05, 0) is 23.8 Å². The summed E-state index contributed by atoms with van der Waals surface area (Å²) in [6.45, 7) is 7.56. The van der Waals surface area contributed by atoms with Gasteiger partial charge in [-0.2, -0.15) is 0 Å². The average molecular weight is 223 g/mol. The van der Waals surface area contributed by atoms with Crippen molar-refractivity contribution in [1.29, 1.82) is 0 Å². The van der Waals surface area contributed by atoms with E-state index >= 15 is 0 Å². The van der Waals surface area contributed by atoms with Crippen LogP contribution in [0.2, 0.25) is 5.02 Å². The first-order valence-corrected chi connectivity index (χ1v) is 4.73. The van der Waals surface area contributed by atoms with Crippen molar-refractivity contribution in [3.05, 3.63) is 53.6 Å². The Morgan fingerprint density at radius 1 is 1.53 bits per heavy atom. The molecule has 0 saturated carbocycles. The van der Waals surface area contributed by atoms with Crippen LogP contribution in [0.25, 0.3) is 0 Å². The summed E-state index contributed by atoms with van der Waals surface area (Å²) >= 11 is 5.78. The van der Waals surface area contributed by atoms with Gasteiger partial charge in [-0.15, -0.1) is 0 Å². The predicted molar refractivity (Wildman–Crippen MR) is 61.7 cm³/mol. The molecule has 0 amide bonds. The SMILES string of the molecule is C=CC(=C)COc1cc(Cl)ccc1C=O. The fourth-order valence-corrected chi connectivity index (χ4v) is 1.12. The molecule has 0 aliphatic heterocycles. The summed E-state index contributed by atoms with van der Waals surface area (Å²) in [7, 11) is 0. The topological polar surface area (TPSA) is 26.3 Å². The number of halogens is 1. The maximum absolute atomic E-state index is 10.7. The van der Waals surface area contributed by atoms with E-state index in [1.165, 1.54) is 0 Å². The van der Waals surface area contributed by atoms with Gasteiger partial charge < -0.3 is 4.74 Å². The van der Waals surface area contributed by atoms with Gasteiger partial charge in [0, 0.05) is 5.02 Å². The number of carbonyl (C=O) groups is 1. The van der Waals surface area contributed by atoms with Crippen LogP contribution in [0.4, 0.5) is 0 Å². The lowest BCUT2D eigenvalue weighted by atomic mass is 10.2. The third-order valence-corrected chi connectivity index (χ3v) is 2.04. The first kappa shape index (κ1) is 11.5. The van der Waals surface area contributed by atoms with Crippen molar-refractivity contribution < 1.29 is 9.53 Å². The summed E-state index contributed by atoms with van der Waals surface area (Å²) in [6, 6.07) is 4.85. The Hall–Kier alpha value is -1.54. The summed E-state index contributed by atoms with van der Waals surface area (Å²) in [5.41, 5.74) is 1.21. The van der Waals surface area contributed by atoms with Crippen molar-refractivity contribution in [2.45, 2.75) is 0 Å². The quantitative estimate of drug-likeness (QED) is 0.565. The van der Waals surface area contributed by atoms with Gasteiger partial charge in [0.25, 0.3) is 0 Å². The largest absolute Gasteiger partial charge is 0.488 e. The molecular formula is C12H11ClO2. The van der Waals surface area contributed by atoms with Gasteiger partial charge in [0.05, 0.1) is 5.56 Å². The van der Waals surface area contributed by atoms with Crippen LogP contribution in [0.3, 0.4) is 0 Å². The van der Waals surface area contributed by atoms with E-state index in [9.17, 15) is 4.79 Å². The van der Waals surface area contributed by atoms with E-state index in [4.69, 9.17) is 16.3 Å². The molecule has 1 rings (SSSR count). The normalized spacial score (nSPS) is 9.40. The number of benzene rings is 1. The molecule has 0 fully saturated rings. The molecule has 0 N–H and O–H groups in total. The van der Waals surface area contributed by atoms with Gasteiger partial charge in [-0.1, -0.05) is 30.8 Å². The summed E-state index contributed by atoms with van der Waals surface area (Å²) in [5, 5.41) is 0.528. The Bertz CT molecular complexity index is 397. The molecule has 0 saturated heterocycles. The minimum absolute atomic E-state index is 0.296. The molecule has 0 bridgehead atoms. The Morgan fingerprint density at radius 2 is 2.27 bits per heavy atom. The zero-order valence-electron chi connectivity index (χ0n) is 8.20. The molecule has 3 heteroatoms. The van der Waals surface area contributed by atoms with Crippen molar-refractivity contribution in [2.24, 2.45) is 0 Å². The highest BCUT2D eigenvalue weighted by molar-refractivity contribution is 6.30. The minimum Gasteiger partial charge on any atom is -0.488 e. The van der Waals surface area contributed by atoms with Gasteiger partial charge >= 0.3 is 0 Å². The first-order chi connectivity index (χ1) is 7.17. The van der Waals surface area contributed by atoms with Crippen molar-refractivity contribution >= 4 is 17.9 Å². The summed E-state index contributed by atoms with van der Waals surface area (Å²) in [4.78, 5) is 10.7. The maximum Gasteiger partial charge on any atom is 0.153 e. The van der Waals surface area contributed by atoms with Crippen LogP contribution in [0.5, 0.6) is 5.75 Å². The highest BCUT2D eigenvalue weighted by Gasteiger charge is 2.03. The number of hydrogen-bond acceptors (Lipinski definition) is 2. The standard InChI is InChI=1S/C12H11ClO2/c1-3-9(2)8-15-12-6-11(13)5-4-10(12)7-14/h3-7H,1-2,8H2. The number of carbonyl (C=O) groups excluding carboxylic acids is 1. The molecule has 0 aliphatic carbocycles. The zero-order valence-corrected chi connectivity index (χ0v) is 8.96. The molecule has 78 valence electrons. The third-order valence-electron chi connectivity index (χ3n) is 1.80. The van der Waals surface area contributed by atoms with E-state index in [1.807, 2.05) is 0 Å². The number of aldehydes is 1. The van der Waals surface area contributed by atoms with Crippen molar-refractivity contribution in [1.82, 2.24) is 0 Å². The van der Waals surface area contributed by atoms with E-state index < -0.39 is 0 Å². The van der Waals surface area contributed by atoms with Crippen LogP contribution in [-0.2, 0) is 0 Å². The van der Waals surface area contributed by atoms with Crippen LogP contribution in [-0.4, -0.2) is 12.9 Å². The zero-order chi connectivity index (χ0) is 11.3. The lowest BCUT2D eigenvalue weighted by molar-refractivity contribution is 0.112. The van der Waals surface area contributed by atoms with Gasteiger partial charge in [-0.3, -0.25) is 4.79 Å². The molecule has 1 aromatic rings. The average Bonchev–Trinajstić information content (AvgIpc) is 2.26. The molecule has 0 spiro atoms. The molecule has 0 unspecified atom stereocenters. The molecule has 1 aromatic carbocycles. The fraction of sp³-hybridized carbons (Fsp3) is 0.0833. The molecule has 0 aromatic heterocycles. The second-order valence-electron chi connectivity index (χ2n) is 2.95. The van der Waals surface area contributed by atoms with Crippen LogP contribution < -0.4 is 4.74 Å². The highest BCUT2D eigenvalue weighted by atomic mass is 35.5. The first-order valence-electron chi connectivity index (χ1n) is 4.35. The smallest absolute Gasteiger partial charge is 0.153 e. The summed E-state index contributed by atoms with van der Waals surface area (Å²) in [6.07, 6.45) is 2.33. The van der Waals surface area contributed by atoms with Gasteiger partial charge in [0.1, 0.15) is 12.4 Å². The van der Waals surface area contributed by atoms with E-state index in [0.717, 1.165) is 11.9 Å². The highest BCUT2D eigenvalue weighted by Crippen LogP contribution is 2.22. The van der Waals surface area contributed by atoms with Crippen molar-refractivity contribution in [3.8, 4) is 5.75 Å². The van der Waals surface area contributed by atoms with E-state index in [-0.39, 0.29) is 0 Å². The van der Waals surface area contributed by atoms with Crippen molar-refractivity contribution in [3.63, 3.8) is 0 Å². The van der Waals surface area contributed by atoms with Gasteiger partial charge in [-0.25, -0.2) is 0 Å². The molecule has 2 nitrogen and oxygen atoms in total. The second kappa shape index (κ2) is 5.37. The number of ether oxygens (including phenoxy) is 1. The predicted octanol–water partition coefficient (Wildman–Crippen LogP) is 3.27. The lowest BCUT2D eigenvalue weighted by Crippen LogP contribution is -2.00. The molecule has 0 heterocycles. The maximum atomic E-state index is 10.7. The summed E-state index contributed by atoms with van der Waals surface area (Å²) < 4.78 is 5.38. The van der Waals surface area contributed by atoms with E-state index in [0.29, 0.717) is 22.9 Å². The number of rotatable bonds is 5. The summed E-state index contributed by atoms with van der Waals surface area (Å²) in [5.74, 6) is 0.459. The Morgan fingerprint density at radius 3 is 2.87 bits per heavy atom. The minimum atomic E-state index is 0.296. The Labute approximate surface area is 93.8 Å². The third kappa shape index (κ3) is 3.26. The van der Waals surface area contributed by atoms with Crippen LogP contribution in [0.15, 0.2) is 43.0 Å². The monoisotopic (exact) mass is 222 g/mol. The van der Waals surface area contributed by atoms with Gasteiger partial charge in [0.2, 0.25) is 0 Å². The Balaban J connectivity index is 2.82. The second-order valence-corrected chi connectivity index (χ2v) is 3.39. The van der Waals surface area contributed by atoms with Crippen LogP contribution >= 0.6 is 11.6 Å². The Kier molecular flexibility index (Phi) is 4.13. The van der Waals surface area contributed by atoms with E-state index in [1.54, 1.807) is 24.3 Å². The number of hydrogen-bond donors (Lipinski definition) is 0. The van der Waals surface area contributed by atoms with Crippen molar-refractivity contribution in [2.75, 3.05) is 6.61 Å². The molecule has 0 atom stereocenters.